The second kappa shape index (κ2) is 7.41. The van der Waals surface area contributed by atoms with Gasteiger partial charge in [-0.3, -0.25) is 9.80 Å². The van der Waals surface area contributed by atoms with Crippen LogP contribution < -0.4 is 14.4 Å². The molecule has 0 aliphatic carbocycles. The molecule has 5 heteroatoms. The lowest BCUT2D eigenvalue weighted by molar-refractivity contribution is 0.110. The fraction of sp³-hybridized carbons (Fsp3) is 0.667. The second-order valence-electron chi connectivity index (χ2n) is 6.64. The Hall–Kier alpha value is -1.46. The Bertz CT molecular complexity index is 513. The molecule has 1 saturated heterocycles. The number of benzene rings is 1. The minimum absolute atomic E-state index is 0.663. The van der Waals surface area contributed by atoms with E-state index < -0.39 is 0 Å². The van der Waals surface area contributed by atoms with E-state index in [2.05, 4.69) is 34.6 Å². The summed E-state index contributed by atoms with van der Waals surface area (Å²) >= 11 is 0. The Morgan fingerprint density at radius 3 is 2.57 bits per heavy atom. The molecule has 23 heavy (non-hydrogen) atoms. The first-order chi connectivity index (χ1) is 11.2. The van der Waals surface area contributed by atoms with Crippen LogP contribution in [0.4, 0.5) is 5.69 Å². The van der Waals surface area contributed by atoms with E-state index in [9.17, 15) is 0 Å². The van der Waals surface area contributed by atoms with Gasteiger partial charge in [-0.05, 0) is 26.0 Å². The summed E-state index contributed by atoms with van der Waals surface area (Å²) < 4.78 is 11.1. The molecule has 2 heterocycles. The van der Waals surface area contributed by atoms with Gasteiger partial charge in [0.15, 0.2) is 0 Å². The monoisotopic (exact) mass is 319 g/mol. The third-order valence-electron chi connectivity index (χ3n) is 4.95. The summed E-state index contributed by atoms with van der Waals surface area (Å²) in [6.45, 7) is 13.2. The molecule has 1 aromatic rings. The molecule has 0 unspecified atom stereocenters. The molecule has 1 aromatic carbocycles. The Morgan fingerprint density at radius 1 is 1.09 bits per heavy atom. The molecule has 5 nitrogen and oxygen atoms in total. The van der Waals surface area contributed by atoms with Crippen molar-refractivity contribution in [1.29, 1.82) is 0 Å². The van der Waals surface area contributed by atoms with Crippen LogP contribution in [0, 0.1) is 0 Å². The largest absolute Gasteiger partial charge is 0.497 e. The third kappa shape index (κ3) is 3.90. The first-order valence-corrected chi connectivity index (χ1v) is 8.69. The number of rotatable bonds is 5. The van der Waals surface area contributed by atoms with Gasteiger partial charge in [-0.15, -0.1) is 0 Å². The van der Waals surface area contributed by atoms with Crippen LogP contribution in [0.3, 0.4) is 0 Å². The summed E-state index contributed by atoms with van der Waals surface area (Å²) in [7, 11) is 1.71. The van der Waals surface area contributed by atoms with Crippen molar-refractivity contribution < 1.29 is 9.47 Å². The highest BCUT2D eigenvalue weighted by molar-refractivity contribution is 5.62. The van der Waals surface area contributed by atoms with Crippen LogP contribution in [0.15, 0.2) is 18.2 Å². The van der Waals surface area contributed by atoms with Crippen molar-refractivity contribution in [2.24, 2.45) is 0 Å². The number of ether oxygens (including phenoxy) is 2. The van der Waals surface area contributed by atoms with Crippen molar-refractivity contribution in [2.75, 3.05) is 64.4 Å². The van der Waals surface area contributed by atoms with Crippen molar-refractivity contribution >= 4 is 5.69 Å². The topological polar surface area (TPSA) is 28.2 Å². The normalized spacial score (nSPS) is 19.6. The molecular formula is C18H29N3O2. The first kappa shape index (κ1) is 16.4. The number of anilines is 1. The average molecular weight is 319 g/mol. The van der Waals surface area contributed by atoms with Gasteiger partial charge in [0.25, 0.3) is 0 Å². The van der Waals surface area contributed by atoms with Gasteiger partial charge in [-0.2, -0.15) is 0 Å². The number of hydrogen-bond acceptors (Lipinski definition) is 5. The van der Waals surface area contributed by atoms with E-state index in [4.69, 9.17) is 9.47 Å². The molecule has 128 valence electrons. The van der Waals surface area contributed by atoms with Crippen molar-refractivity contribution in [3.8, 4) is 11.5 Å². The highest BCUT2D eigenvalue weighted by atomic mass is 16.5. The van der Waals surface area contributed by atoms with Gasteiger partial charge in [-0.1, -0.05) is 0 Å². The van der Waals surface area contributed by atoms with Gasteiger partial charge < -0.3 is 14.4 Å². The van der Waals surface area contributed by atoms with E-state index in [1.54, 1.807) is 7.11 Å². The molecule has 1 fully saturated rings. The highest BCUT2D eigenvalue weighted by Crippen LogP contribution is 2.34. The van der Waals surface area contributed by atoms with Crippen LogP contribution in [0.1, 0.15) is 13.8 Å². The van der Waals surface area contributed by atoms with E-state index in [0.717, 1.165) is 43.4 Å². The molecule has 3 rings (SSSR count). The van der Waals surface area contributed by atoms with E-state index in [1.165, 1.54) is 26.2 Å². The Morgan fingerprint density at radius 2 is 1.87 bits per heavy atom. The fourth-order valence-corrected chi connectivity index (χ4v) is 3.38. The van der Waals surface area contributed by atoms with Gasteiger partial charge in [0.2, 0.25) is 0 Å². The van der Waals surface area contributed by atoms with Crippen LogP contribution in [0.2, 0.25) is 0 Å². The van der Waals surface area contributed by atoms with Crippen LogP contribution in [0.25, 0.3) is 0 Å². The quantitative estimate of drug-likeness (QED) is 0.827. The lowest BCUT2D eigenvalue weighted by Crippen LogP contribution is -2.50. The number of hydrogen-bond donors (Lipinski definition) is 0. The zero-order chi connectivity index (χ0) is 16.2. The van der Waals surface area contributed by atoms with Crippen molar-refractivity contribution in [3.63, 3.8) is 0 Å². The molecule has 0 amide bonds. The maximum atomic E-state index is 5.77. The van der Waals surface area contributed by atoms with Crippen LogP contribution in [-0.4, -0.2) is 75.4 Å². The van der Waals surface area contributed by atoms with Crippen molar-refractivity contribution in [3.05, 3.63) is 18.2 Å². The first-order valence-electron chi connectivity index (χ1n) is 8.69. The Labute approximate surface area is 139 Å². The molecule has 0 bridgehead atoms. The summed E-state index contributed by atoms with van der Waals surface area (Å²) in [6, 6.07) is 6.73. The molecule has 2 aliphatic rings. The lowest BCUT2D eigenvalue weighted by atomic mass is 10.2. The van der Waals surface area contributed by atoms with E-state index >= 15 is 0 Å². The second-order valence-corrected chi connectivity index (χ2v) is 6.64. The predicted molar refractivity (Wildman–Crippen MR) is 93.9 cm³/mol. The van der Waals surface area contributed by atoms with Gasteiger partial charge >= 0.3 is 0 Å². The number of piperazine rings is 1. The zero-order valence-electron chi connectivity index (χ0n) is 14.6. The Kier molecular flexibility index (Phi) is 5.28. The van der Waals surface area contributed by atoms with E-state index in [1.807, 2.05) is 12.1 Å². The summed E-state index contributed by atoms with van der Waals surface area (Å²) in [6.07, 6.45) is 0. The van der Waals surface area contributed by atoms with E-state index in [0.29, 0.717) is 6.04 Å². The van der Waals surface area contributed by atoms with Gasteiger partial charge in [-0.25, -0.2) is 0 Å². The summed E-state index contributed by atoms with van der Waals surface area (Å²) in [5.74, 6) is 1.87. The van der Waals surface area contributed by atoms with Crippen LogP contribution in [-0.2, 0) is 0 Å². The average Bonchev–Trinajstić information content (AvgIpc) is 2.59. The number of fused-ring (bicyclic) bond motifs is 1. The molecule has 0 aromatic heterocycles. The number of methoxy groups -OCH3 is 1. The summed E-state index contributed by atoms with van der Waals surface area (Å²) in [5.41, 5.74) is 1.16. The molecule has 0 spiro atoms. The molecule has 0 radical (unpaired) electrons. The van der Waals surface area contributed by atoms with Gasteiger partial charge in [0, 0.05) is 51.4 Å². The van der Waals surface area contributed by atoms with Crippen LogP contribution in [0.5, 0.6) is 11.5 Å². The minimum atomic E-state index is 0.663. The SMILES string of the molecule is COc1ccc2c(c1)N(CCN1CCN(C(C)C)CC1)CCO2. The molecule has 0 saturated carbocycles. The smallest absolute Gasteiger partial charge is 0.142 e. The summed E-state index contributed by atoms with van der Waals surface area (Å²) in [5, 5.41) is 0. The van der Waals surface area contributed by atoms with Gasteiger partial charge in [0.1, 0.15) is 18.1 Å². The predicted octanol–water partition coefficient (Wildman–Crippen LogP) is 1.92. The lowest BCUT2D eigenvalue weighted by Gasteiger charge is -2.38. The molecule has 0 atom stereocenters. The Balaban J connectivity index is 1.56. The summed E-state index contributed by atoms with van der Waals surface area (Å²) in [4.78, 5) is 7.57. The van der Waals surface area contributed by atoms with E-state index in [-0.39, 0.29) is 0 Å². The van der Waals surface area contributed by atoms with Crippen molar-refractivity contribution in [2.45, 2.75) is 19.9 Å². The highest BCUT2D eigenvalue weighted by Gasteiger charge is 2.22. The van der Waals surface area contributed by atoms with Crippen LogP contribution >= 0.6 is 0 Å². The third-order valence-corrected chi connectivity index (χ3v) is 4.95. The zero-order valence-corrected chi connectivity index (χ0v) is 14.6. The standard InChI is InChI=1S/C18H29N3O2/c1-15(2)20-9-6-19(7-10-20)8-11-21-12-13-23-18-5-4-16(22-3)14-17(18)21/h4-5,14-15H,6-13H2,1-3H3. The maximum Gasteiger partial charge on any atom is 0.142 e. The van der Waals surface area contributed by atoms with Crippen molar-refractivity contribution in [1.82, 2.24) is 9.80 Å². The fourth-order valence-electron chi connectivity index (χ4n) is 3.38. The maximum absolute atomic E-state index is 5.77. The molecule has 0 N–H and O–H groups in total. The number of nitrogens with zero attached hydrogens (tertiary/aromatic N) is 3. The van der Waals surface area contributed by atoms with Gasteiger partial charge in [0.05, 0.1) is 19.3 Å². The molecule has 2 aliphatic heterocycles. The minimum Gasteiger partial charge on any atom is -0.497 e. The molecular weight excluding hydrogens is 290 g/mol.